The lowest BCUT2D eigenvalue weighted by Gasteiger charge is -2.26. The van der Waals surface area contributed by atoms with E-state index in [1.54, 1.807) is 6.20 Å². The molecule has 2 aliphatic carbocycles. The molecule has 0 aromatic carbocycles. The van der Waals surface area contributed by atoms with Gasteiger partial charge in [-0.25, -0.2) is 0 Å². The predicted octanol–water partition coefficient (Wildman–Crippen LogP) is 5.02. The number of hydrogen-bond acceptors (Lipinski definition) is 5. The van der Waals surface area contributed by atoms with Gasteiger partial charge in [0, 0.05) is 29.6 Å². The second-order valence-corrected chi connectivity index (χ2v) is 8.52. The molecule has 2 aliphatic rings. The molecule has 154 valence electrons. The standard InChI is InChI=1S/C24H30N2O3/c1-3-28-24(27)22-12-21(22)23-11-18(8-9-26-23)19-10-20(14-25-13-19)29-15-17-6-4-16(2)5-7-17/h8-11,13-14,16-17,21-22H,3-7,12,15H2,1-2H3/t16?,17?,21-,22-/m1/s1. The smallest absolute Gasteiger partial charge is 0.309 e. The highest BCUT2D eigenvalue weighted by Gasteiger charge is 2.46. The van der Waals surface area contributed by atoms with Crippen LogP contribution in [0.1, 0.15) is 57.6 Å². The van der Waals surface area contributed by atoms with Crippen LogP contribution in [0.2, 0.25) is 0 Å². The molecule has 4 rings (SSSR count). The van der Waals surface area contributed by atoms with Crippen LogP contribution in [0, 0.1) is 17.8 Å². The van der Waals surface area contributed by atoms with E-state index in [2.05, 4.69) is 23.0 Å². The lowest BCUT2D eigenvalue weighted by molar-refractivity contribution is -0.144. The molecule has 0 spiro atoms. The van der Waals surface area contributed by atoms with E-state index in [-0.39, 0.29) is 17.8 Å². The van der Waals surface area contributed by atoms with E-state index in [4.69, 9.17) is 9.47 Å². The van der Waals surface area contributed by atoms with Crippen molar-refractivity contribution >= 4 is 5.97 Å². The highest BCUT2D eigenvalue weighted by atomic mass is 16.5. The Kier molecular flexibility index (Phi) is 6.12. The molecule has 0 radical (unpaired) electrons. The van der Waals surface area contributed by atoms with Crippen LogP contribution in [-0.4, -0.2) is 29.2 Å². The van der Waals surface area contributed by atoms with Crippen LogP contribution in [-0.2, 0) is 9.53 Å². The molecular weight excluding hydrogens is 364 g/mol. The first kappa shape index (κ1) is 19.9. The first-order valence-electron chi connectivity index (χ1n) is 10.8. The third-order valence-corrected chi connectivity index (χ3v) is 6.21. The minimum absolute atomic E-state index is 0.0521. The summed E-state index contributed by atoms with van der Waals surface area (Å²) >= 11 is 0. The maximum atomic E-state index is 11.9. The molecule has 2 atom stereocenters. The highest BCUT2D eigenvalue weighted by Crippen LogP contribution is 2.48. The number of aromatic nitrogens is 2. The fourth-order valence-corrected chi connectivity index (χ4v) is 4.23. The summed E-state index contributed by atoms with van der Waals surface area (Å²) in [6.45, 7) is 5.37. The molecule has 2 aromatic heterocycles. The van der Waals surface area contributed by atoms with Crippen molar-refractivity contribution in [3.63, 3.8) is 0 Å². The van der Waals surface area contributed by atoms with E-state index in [1.807, 2.05) is 31.5 Å². The molecule has 0 N–H and O–H groups in total. The average molecular weight is 395 g/mol. The van der Waals surface area contributed by atoms with Crippen LogP contribution in [0.3, 0.4) is 0 Å². The van der Waals surface area contributed by atoms with Crippen molar-refractivity contribution in [2.75, 3.05) is 13.2 Å². The summed E-state index contributed by atoms with van der Waals surface area (Å²) < 4.78 is 11.2. The van der Waals surface area contributed by atoms with Crippen molar-refractivity contribution in [3.05, 3.63) is 42.5 Å². The number of rotatable bonds is 7. The van der Waals surface area contributed by atoms with Crippen molar-refractivity contribution < 1.29 is 14.3 Å². The van der Waals surface area contributed by atoms with Crippen LogP contribution < -0.4 is 4.74 Å². The summed E-state index contributed by atoms with van der Waals surface area (Å²) in [5.74, 6) is 2.32. The number of pyridine rings is 2. The van der Waals surface area contributed by atoms with Gasteiger partial charge in [-0.05, 0) is 61.8 Å². The monoisotopic (exact) mass is 394 g/mol. The van der Waals surface area contributed by atoms with Crippen molar-refractivity contribution in [2.24, 2.45) is 17.8 Å². The molecule has 2 saturated carbocycles. The Balaban J connectivity index is 1.40. The molecule has 0 unspecified atom stereocenters. The lowest BCUT2D eigenvalue weighted by atomic mass is 9.83. The minimum atomic E-state index is -0.112. The Morgan fingerprint density at radius 1 is 1.14 bits per heavy atom. The minimum Gasteiger partial charge on any atom is -0.492 e. The van der Waals surface area contributed by atoms with Crippen molar-refractivity contribution in [2.45, 2.75) is 51.9 Å². The van der Waals surface area contributed by atoms with Crippen LogP contribution in [0.15, 0.2) is 36.8 Å². The van der Waals surface area contributed by atoms with Gasteiger partial charge in [0.25, 0.3) is 0 Å². The molecule has 5 heteroatoms. The first-order valence-corrected chi connectivity index (χ1v) is 10.8. The van der Waals surface area contributed by atoms with Crippen molar-refractivity contribution in [1.82, 2.24) is 9.97 Å². The molecule has 0 saturated heterocycles. The Labute approximate surface area is 172 Å². The molecular formula is C24H30N2O3. The Hall–Kier alpha value is -2.43. The molecule has 0 bridgehead atoms. The van der Waals surface area contributed by atoms with Crippen LogP contribution in [0.4, 0.5) is 0 Å². The van der Waals surface area contributed by atoms with Gasteiger partial charge in [0.05, 0.1) is 25.3 Å². The second kappa shape index (κ2) is 8.93. The SMILES string of the molecule is CCOC(=O)[C@@H]1C[C@H]1c1cc(-c2cncc(OCC3CCC(C)CC3)c2)ccn1. The Bertz CT molecular complexity index is 846. The first-order chi connectivity index (χ1) is 14.1. The molecule has 0 amide bonds. The van der Waals surface area contributed by atoms with Gasteiger partial charge in [0.1, 0.15) is 5.75 Å². The molecule has 0 aliphatic heterocycles. The summed E-state index contributed by atoms with van der Waals surface area (Å²) in [5, 5.41) is 0. The number of carbonyl (C=O) groups is 1. The van der Waals surface area contributed by atoms with Gasteiger partial charge < -0.3 is 9.47 Å². The summed E-state index contributed by atoms with van der Waals surface area (Å²) in [6.07, 6.45) is 11.4. The maximum absolute atomic E-state index is 11.9. The number of ether oxygens (including phenoxy) is 2. The van der Waals surface area contributed by atoms with Gasteiger partial charge in [-0.1, -0.05) is 19.8 Å². The van der Waals surface area contributed by atoms with Crippen LogP contribution >= 0.6 is 0 Å². The predicted molar refractivity (Wildman–Crippen MR) is 112 cm³/mol. The van der Waals surface area contributed by atoms with Crippen molar-refractivity contribution in [1.29, 1.82) is 0 Å². The third-order valence-electron chi connectivity index (χ3n) is 6.21. The van der Waals surface area contributed by atoms with E-state index in [9.17, 15) is 4.79 Å². The normalized spacial score (nSPS) is 26.0. The van der Waals surface area contributed by atoms with Gasteiger partial charge in [0.2, 0.25) is 0 Å². The third kappa shape index (κ3) is 4.95. The fraction of sp³-hybridized carbons (Fsp3) is 0.542. The number of carbonyl (C=O) groups excluding carboxylic acids is 1. The van der Waals surface area contributed by atoms with Gasteiger partial charge >= 0.3 is 5.97 Å². The molecule has 2 fully saturated rings. The summed E-state index contributed by atoms with van der Waals surface area (Å²) in [5.41, 5.74) is 3.01. The van der Waals surface area contributed by atoms with Gasteiger partial charge in [-0.15, -0.1) is 0 Å². The molecule has 2 heterocycles. The van der Waals surface area contributed by atoms with Gasteiger partial charge in [-0.3, -0.25) is 14.8 Å². The molecule has 5 nitrogen and oxygen atoms in total. The van der Waals surface area contributed by atoms with E-state index in [1.165, 1.54) is 25.7 Å². The van der Waals surface area contributed by atoms with E-state index in [0.717, 1.165) is 41.5 Å². The van der Waals surface area contributed by atoms with E-state index < -0.39 is 0 Å². The molecule has 2 aromatic rings. The van der Waals surface area contributed by atoms with Crippen LogP contribution in [0.25, 0.3) is 11.1 Å². The van der Waals surface area contributed by atoms with E-state index in [0.29, 0.717) is 12.5 Å². The highest BCUT2D eigenvalue weighted by molar-refractivity contribution is 5.77. The Morgan fingerprint density at radius 2 is 1.97 bits per heavy atom. The topological polar surface area (TPSA) is 61.3 Å². The van der Waals surface area contributed by atoms with Gasteiger partial charge in [0.15, 0.2) is 0 Å². The Morgan fingerprint density at radius 3 is 2.76 bits per heavy atom. The average Bonchev–Trinajstić information content (AvgIpc) is 3.55. The van der Waals surface area contributed by atoms with Gasteiger partial charge in [-0.2, -0.15) is 0 Å². The quantitative estimate of drug-likeness (QED) is 0.618. The fourth-order valence-electron chi connectivity index (χ4n) is 4.23. The molecule has 29 heavy (non-hydrogen) atoms. The largest absolute Gasteiger partial charge is 0.492 e. The zero-order valence-corrected chi connectivity index (χ0v) is 17.3. The lowest BCUT2D eigenvalue weighted by Crippen LogP contribution is -2.18. The zero-order chi connectivity index (χ0) is 20.2. The number of nitrogens with zero attached hydrogens (tertiary/aromatic N) is 2. The van der Waals surface area contributed by atoms with Crippen LogP contribution in [0.5, 0.6) is 5.75 Å². The number of esters is 1. The summed E-state index contributed by atoms with van der Waals surface area (Å²) in [6, 6.07) is 6.09. The summed E-state index contributed by atoms with van der Waals surface area (Å²) in [7, 11) is 0. The summed E-state index contributed by atoms with van der Waals surface area (Å²) in [4.78, 5) is 20.8. The maximum Gasteiger partial charge on any atom is 0.309 e. The van der Waals surface area contributed by atoms with E-state index >= 15 is 0 Å². The zero-order valence-electron chi connectivity index (χ0n) is 17.3. The van der Waals surface area contributed by atoms with Crippen molar-refractivity contribution in [3.8, 4) is 16.9 Å². The second-order valence-electron chi connectivity index (χ2n) is 8.52. The number of hydrogen-bond donors (Lipinski definition) is 0.